The highest BCUT2D eigenvalue weighted by Gasteiger charge is 2.24. The van der Waals surface area contributed by atoms with Crippen molar-refractivity contribution >= 4 is 23.0 Å². The Morgan fingerprint density at radius 3 is 2.55 bits per heavy atom. The van der Waals surface area contributed by atoms with Crippen LogP contribution in [0.15, 0.2) is 35.3 Å². The maximum atomic E-state index is 5.54. The average Bonchev–Trinajstić information content (AvgIpc) is 3.19. The molecule has 7 nitrogen and oxygen atoms in total. The monoisotopic (exact) mass is 418 g/mol. The third-order valence-corrected chi connectivity index (χ3v) is 6.01. The van der Waals surface area contributed by atoms with Crippen LogP contribution in [0.2, 0.25) is 0 Å². The summed E-state index contributed by atoms with van der Waals surface area (Å²) in [6, 6.07) is 10.4. The zero-order chi connectivity index (χ0) is 20.6. The fraction of sp³-hybridized carbons (Fsp3) is 0.476. The SMILES string of the molecule is CN=C(NCC(c1ccc(C)s1)N1CCOCC1)Nc1ccc(OC)c(OC)c1. The van der Waals surface area contributed by atoms with Gasteiger partial charge >= 0.3 is 0 Å². The van der Waals surface area contributed by atoms with Crippen molar-refractivity contribution in [3.63, 3.8) is 0 Å². The van der Waals surface area contributed by atoms with Crippen LogP contribution in [-0.4, -0.2) is 65.0 Å². The predicted octanol–water partition coefficient (Wildman–Crippen LogP) is 3.13. The highest BCUT2D eigenvalue weighted by atomic mass is 32.1. The van der Waals surface area contributed by atoms with Crippen LogP contribution in [0.25, 0.3) is 0 Å². The van der Waals surface area contributed by atoms with E-state index < -0.39 is 0 Å². The number of ether oxygens (including phenoxy) is 3. The lowest BCUT2D eigenvalue weighted by molar-refractivity contribution is 0.0177. The summed E-state index contributed by atoms with van der Waals surface area (Å²) >= 11 is 1.85. The summed E-state index contributed by atoms with van der Waals surface area (Å²) in [7, 11) is 5.03. The van der Waals surface area contributed by atoms with Gasteiger partial charge in [0.2, 0.25) is 0 Å². The highest BCUT2D eigenvalue weighted by Crippen LogP contribution is 2.30. The number of rotatable bonds is 7. The Balaban J connectivity index is 1.68. The van der Waals surface area contributed by atoms with Crippen molar-refractivity contribution in [2.24, 2.45) is 4.99 Å². The van der Waals surface area contributed by atoms with Crippen LogP contribution in [-0.2, 0) is 4.74 Å². The second-order valence-corrected chi connectivity index (χ2v) is 8.08. The fourth-order valence-corrected chi connectivity index (χ4v) is 4.37. The van der Waals surface area contributed by atoms with E-state index in [0.29, 0.717) is 17.5 Å². The van der Waals surface area contributed by atoms with E-state index in [1.165, 1.54) is 9.75 Å². The zero-order valence-corrected chi connectivity index (χ0v) is 18.3. The quantitative estimate of drug-likeness (QED) is 0.532. The first-order valence-electron chi connectivity index (χ1n) is 9.72. The molecule has 0 radical (unpaired) electrons. The van der Waals surface area contributed by atoms with Crippen molar-refractivity contribution < 1.29 is 14.2 Å². The Kier molecular flexibility index (Phi) is 7.74. The molecule has 2 heterocycles. The van der Waals surface area contributed by atoms with Gasteiger partial charge in [-0.25, -0.2) is 0 Å². The van der Waals surface area contributed by atoms with Crippen molar-refractivity contribution in [1.29, 1.82) is 0 Å². The van der Waals surface area contributed by atoms with E-state index in [-0.39, 0.29) is 6.04 Å². The number of anilines is 1. The molecule has 1 aromatic heterocycles. The highest BCUT2D eigenvalue weighted by molar-refractivity contribution is 7.12. The Morgan fingerprint density at radius 1 is 1.17 bits per heavy atom. The number of hydrogen-bond acceptors (Lipinski definition) is 6. The molecule has 29 heavy (non-hydrogen) atoms. The number of nitrogens with zero attached hydrogens (tertiary/aromatic N) is 2. The van der Waals surface area contributed by atoms with Gasteiger partial charge in [-0.05, 0) is 31.2 Å². The average molecular weight is 419 g/mol. The number of guanidine groups is 1. The molecule has 1 aliphatic heterocycles. The predicted molar refractivity (Wildman–Crippen MR) is 119 cm³/mol. The standard InChI is InChI=1S/C21H30N4O3S/c1-15-5-8-20(29-15)17(25-9-11-28-12-10-25)14-23-21(22-2)24-16-6-7-18(26-3)19(13-16)27-4/h5-8,13,17H,9-12,14H2,1-4H3,(H2,22,23,24). The largest absolute Gasteiger partial charge is 0.493 e. The summed E-state index contributed by atoms with van der Waals surface area (Å²) in [5.74, 6) is 2.08. The van der Waals surface area contributed by atoms with Crippen LogP contribution in [0.5, 0.6) is 11.5 Å². The maximum absolute atomic E-state index is 5.54. The van der Waals surface area contributed by atoms with Crippen LogP contribution in [0.4, 0.5) is 5.69 Å². The number of nitrogens with one attached hydrogen (secondary N) is 2. The number of benzene rings is 1. The molecule has 1 fully saturated rings. The van der Waals surface area contributed by atoms with Gasteiger partial charge in [-0.1, -0.05) is 0 Å². The van der Waals surface area contributed by atoms with Gasteiger partial charge < -0.3 is 24.8 Å². The van der Waals surface area contributed by atoms with Crippen LogP contribution < -0.4 is 20.1 Å². The molecular weight excluding hydrogens is 388 g/mol. The van der Waals surface area contributed by atoms with Crippen LogP contribution >= 0.6 is 11.3 Å². The molecule has 1 atom stereocenters. The minimum absolute atomic E-state index is 0.279. The molecule has 0 saturated carbocycles. The Labute approximate surface area is 176 Å². The van der Waals surface area contributed by atoms with E-state index >= 15 is 0 Å². The van der Waals surface area contributed by atoms with Gasteiger partial charge in [-0.2, -0.15) is 0 Å². The number of aryl methyl sites for hydroxylation is 1. The third-order valence-electron chi connectivity index (χ3n) is 4.91. The Hall–Kier alpha value is -2.29. The van der Waals surface area contributed by atoms with Gasteiger partial charge in [-0.15, -0.1) is 11.3 Å². The molecule has 2 aromatic rings. The first-order valence-corrected chi connectivity index (χ1v) is 10.5. The molecule has 0 spiro atoms. The molecule has 1 saturated heterocycles. The van der Waals surface area contributed by atoms with Crippen LogP contribution in [0.3, 0.4) is 0 Å². The van der Waals surface area contributed by atoms with Crippen molar-refractivity contribution in [3.05, 3.63) is 40.1 Å². The van der Waals surface area contributed by atoms with Gasteiger partial charge in [0.05, 0.1) is 33.5 Å². The maximum Gasteiger partial charge on any atom is 0.195 e. The second kappa shape index (κ2) is 10.5. The van der Waals surface area contributed by atoms with E-state index in [1.807, 2.05) is 29.5 Å². The first-order chi connectivity index (χ1) is 14.1. The molecule has 1 aliphatic rings. The van der Waals surface area contributed by atoms with E-state index in [4.69, 9.17) is 14.2 Å². The molecule has 1 unspecified atom stereocenters. The lowest BCUT2D eigenvalue weighted by atomic mass is 10.2. The number of hydrogen-bond donors (Lipinski definition) is 2. The van der Waals surface area contributed by atoms with E-state index in [1.54, 1.807) is 21.3 Å². The molecule has 8 heteroatoms. The summed E-state index contributed by atoms with van der Waals surface area (Å²) in [4.78, 5) is 9.54. The summed E-state index contributed by atoms with van der Waals surface area (Å²) in [6.07, 6.45) is 0. The van der Waals surface area contributed by atoms with Crippen molar-refractivity contribution in [3.8, 4) is 11.5 Å². The van der Waals surface area contributed by atoms with E-state index in [2.05, 4.69) is 39.6 Å². The van der Waals surface area contributed by atoms with Gasteiger partial charge in [-0.3, -0.25) is 9.89 Å². The summed E-state index contributed by atoms with van der Waals surface area (Å²) < 4.78 is 16.2. The van der Waals surface area contributed by atoms with Gasteiger partial charge in [0, 0.05) is 48.2 Å². The third kappa shape index (κ3) is 5.62. The molecule has 158 valence electrons. The number of morpholine rings is 1. The minimum atomic E-state index is 0.279. The van der Waals surface area contributed by atoms with Crippen LogP contribution in [0.1, 0.15) is 15.8 Å². The molecule has 0 aliphatic carbocycles. The van der Waals surface area contributed by atoms with Crippen molar-refractivity contribution in [2.75, 3.05) is 59.4 Å². The summed E-state index contributed by atoms with van der Waals surface area (Å²) in [5, 5.41) is 6.81. The van der Waals surface area contributed by atoms with Gasteiger partial charge in [0.15, 0.2) is 17.5 Å². The normalized spacial score (nSPS) is 16.3. The van der Waals surface area contributed by atoms with Gasteiger partial charge in [0.1, 0.15) is 0 Å². The molecule has 2 N–H and O–H groups in total. The van der Waals surface area contributed by atoms with Gasteiger partial charge in [0.25, 0.3) is 0 Å². The second-order valence-electron chi connectivity index (χ2n) is 6.76. The minimum Gasteiger partial charge on any atom is -0.493 e. The van der Waals surface area contributed by atoms with Crippen molar-refractivity contribution in [2.45, 2.75) is 13.0 Å². The zero-order valence-electron chi connectivity index (χ0n) is 17.5. The number of thiophene rings is 1. The van der Waals surface area contributed by atoms with E-state index in [9.17, 15) is 0 Å². The van der Waals surface area contributed by atoms with E-state index in [0.717, 1.165) is 38.5 Å². The number of aliphatic imine (C=N–C) groups is 1. The van der Waals surface area contributed by atoms with Crippen molar-refractivity contribution in [1.82, 2.24) is 10.2 Å². The molecule has 1 aromatic carbocycles. The molecule has 0 amide bonds. The fourth-order valence-electron chi connectivity index (χ4n) is 3.35. The molecular formula is C21H30N4O3S. The molecule has 0 bridgehead atoms. The Morgan fingerprint density at radius 2 is 1.93 bits per heavy atom. The molecule has 3 rings (SSSR count). The summed E-state index contributed by atoms with van der Waals surface area (Å²) in [5.41, 5.74) is 0.880. The lowest BCUT2D eigenvalue weighted by Crippen LogP contribution is -2.44. The van der Waals surface area contributed by atoms with Crippen LogP contribution in [0, 0.1) is 6.92 Å². The lowest BCUT2D eigenvalue weighted by Gasteiger charge is -2.34. The topological polar surface area (TPSA) is 67.4 Å². The number of methoxy groups -OCH3 is 2. The Bertz CT molecular complexity index is 818. The first kappa shape index (κ1) is 21.4. The smallest absolute Gasteiger partial charge is 0.195 e. The summed E-state index contributed by atoms with van der Waals surface area (Å²) in [6.45, 7) is 6.33.